The van der Waals surface area contributed by atoms with Crippen molar-refractivity contribution in [2.75, 3.05) is 26.2 Å². The first-order valence-electron chi connectivity index (χ1n) is 11.1. The Kier molecular flexibility index (Phi) is 6.41. The lowest BCUT2D eigenvalue weighted by molar-refractivity contribution is -0.131. The van der Waals surface area contributed by atoms with Crippen LogP contribution in [0.2, 0.25) is 0 Å². The van der Waals surface area contributed by atoms with Crippen LogP contribution in [0.4, 0.5) is 0 Å². The van der Waals surface area contributed by atoms with Gasteiger partial charge < -0.3 is 9.80 Å². The Morgan fingerprint density at radius 2 is 1.67 bits per heavy atom. The molecule has 1 aromatic carbocycles. The standard InChI is InChI=1S/C24H30N4O2/c1-18-25-17-21(24(30)28-12-6-3-7-13-28)23(26-18)20-10-14-27(15-11-20)22(29)16-19-8-4-2-5-9-19/h2,4-5,8-9,17,20H,3,6-7,10-16H2,1H3. The van der Waals surface area contributed by atoms with Crippen LogP contribution in [-0.4, -0.2) is 57.8 Å². The number of aryl methyl sites for hydroxylation is 1. The molecule has 0 atom stereocenters. The zero-order valence-electron chi connectivity index (χ0n) is 17.7. The fourth-order valence-electron chi connectivity index (χ4n) is 4.52. The molecule has 0 unspecified atom stereocenters. The van der Waals surface area contributed by atoms with Crippen LogP contribution in [0.1, 0.15) is 65.5 Å². The summed E-state index contributed by atoms with van der Waals surface area (Å²) in [6.45, 7) is 4.92. The van der Waals surface area contributed by atoms with E-state index in [2.05, 4.69) is 9.97 Å². The van der Waals surface area contributed by atoms with Gasteiger partial charge in [-0.3, -0.25) is 9.59 Å². The van der Waals surface area contributed by atoms with Gasteiger partial charge in [-0.1, -0.05) is 30.3 Å². The first kappa shape index (κ1) is 20.5. The van der Waals surface area contributed by atoms with E-state index >= 15 is 0 Å². The second-order valence-electron chi connectivity index (χ2n) is 8.39. The summed E-state index contributed by atoms with van der Waals surface area (Å²) >= 11 is 0. The summed E-state index contributed by atoms with van der Waals surface area (Å²) in [4.78, 5) is 38.7. The minimum atomic E-state index is 0.0623. The molecule has 6 nitrogen and oxygen atoms in total. The average Bonchev–Trinajstić information content (AvgIpc) is 2.80. The van der Waals surface area contributed by atoms with E-state index in [1.165, 1.54) is 6.42 Å². The van der Waals surface area contributed by atoms with Gasteiger partial charge in [-0.2, -0.15) is 0 Å². The number of rotatable bonds is 4. The maximum absolute atomic E-state index is 13.1. The molecule has 2 aliphatic heterocycles. The summed E-state index contributed by atoms with van der Waals surface area (Å²) in [6.07, 6.45) is 7.13. The molecule has 3 heterocycles. The summed E-state index contributed by atoms with van der Waals surface area (Å²) in [5.74, 6) is 1.12. The third-order valence-electron chi connectivity index (χ3n) is 6.24. The van der Waals surface area contributed by atoms with E-state index in [1.807, 2.05) is 47.1 Å². The number of amides is 2. The van der Waals surface area contributed by atoms with Crippen molar-refractivity contribution < 1.29 is 9.59 Å². The van der Waals surface area contributed by atoms with Gasteiger partial charge in [0.2, 0.25) is 5.91 Å². The van der Waals surface area contributed by atoms with Crippen molar-refractivity contribution in [2.45, 2.75) is 51.4 Å². The fourth-order valence-corrected chi connectivity index (χ4v) is 4.52. The first-order valence-corrected chi connectivity index (χ1v) is 11.1. The van der Waals surface area contributed by atoms with Crippen molar-refractivity contribution in [3.63, 3.8) is 0 Å². The molecule has 2 saturated heterocycles. The lowest BCUT2D eigenvalue weighted by atomic mass is 9.90. The van der Waals surface area contributed by atoms with Gasteiger partial charge in [-0.05, 0) is 44.6 Å². The largest absolute Gasteiger partial charge is 0.342 e. The Bertz CT molecular complexity index is 885. The molecule has 0 aliphatic carbocycles. The van der Waals surface area contributed by atoms with Gasteiger partial charge in [-0.15, -0.1) is 0 Å². The van der Waals surface area contributed by atoms with E-state index in [0.717, 1.165) is 50.0 Å². The van der Waals surface area contributed by atoms with Crippen molar-refractivity contribution in [1.29, 1.82) is 0 Å². The summed E-state index contributed by atoms with van der Waals surface area (Å²) in [5, 5.41) is 0. The van der Waals surface area contributed by atoms with Crippen molar-refractivity contribution in [2.24, 2.45) is 0 Å². The van der Waals surface area contributed by atoms with Crippen LogP contribution in [0.25, 0.3) is 0 Å². The minimum absolute atomic E-state index is 0.0623. The average molecular weight is 407 g/mol. The van der Waals surface area contributed by atoms with E-state index in [9.17, 15) is 9.59 Å². The molecule has 2 aliphatic rings. The maximum atomic E-state index is 13.1. The predicted octanol–water partition coefficient (Wildman–Crippen LogP) is 3.36. The smallest absolute Gasteiger partial charge is 0.257 e. The van der Waals surface area contributed by atoms with Crippen molar-refractivity contribution in [1.82, 2.24) is 19.8 Å². The fraction of sp³-hybridized carbons (Fsp3) is 0.500. The van der Waals surface area contributed by atoms with Crippen LogP contribution in [0.15, 0.2) is 36.5 Å². The zero-order chi connectivity index (χ0) is 20.9. The van der Waals surface area contributed by atoms with Crippen LogP contribution in [-0.2, 0) is 11.2 Å². The Morgan fingerprint density at radius 1 is 0.967 bits per heavy atom. The molecule has 0 saturated carbocycles. The summed E-state index contributed by atoms with van der Waals surface area (Å²) in [6, 6.07) is 9.88. The maximum Gasteiger partial charge on any atom is 0.257 e. The third kappa shape index (κ3) is 4.69. The molecule has 158 valence electrons. The summed E-state index contributed by atoms with van der Waals surface area (Å²) < 4.78 is 0. The Hall–Kier alpha value is -2.76. The molecule has 2 fully saturated rings. The van der Waals surface area contributed by atoms with E-state index in [1.54, 1.807) is 6.20 Å². The van der Waals surface area contributed by atoms with E-state index in [0.29, 0.717) is 30.9 Å². The molecule has 0 spiro atoms. The highest BCUT2D eigenvalue weighted by Gasteiger charge is 2.30. The van der Waals surface area contributed by atoms with Crippen LogP contribution in [0.3, 0.4) is 0 Å². The van der Waals surface area contributed by atoms with E-state index < -0.39 is 0 Å². The highest BCUT2D eigenvalue weighted by atomic mass is 16.2. The van der Waals surface area contributed by atoms with E-state index in [-0.39, 0.29) is 17.7 Å². The number of piperidine rings is 2. The van der Waals surface area contributed by atoms with Gasteiger partial charge in [0.1, 0.15) is 5.82 Å². The molecule has 1 aromatic heterocycles. The number of benzene rings is 1. The molecule has 0 N–H and O–H groups in total. The van der Waals surface area contributed by atoms with Crippen molar-refractivity contribution >= 4 is 11.8 Å². The van der Waals surface area contributed by atoms with Gasteiger partial charge >= 0.3 is 0 Å². The van der Waals surface area contributed by atoms with Gasteiger partial charge in [0.15, 0.2) is 0 Å². The summed E-state index contributed by atoms with van der Waals surface area (Å²) in [5.41, 5.74) is 2.57. The second-order valence-corrected chi connectivity index (χ2v) is 8.39. The molecule has 2 aromatic rings. The minimum Gasteiger partial charge on any atom is -0.342 e. The van der Waals surface area contributed by atoms with Crippen LogP contribution in [0, 0.1) is 6.92 Å². The number of hydrogen-bond acceptors (Lipinski definition) is 4. The van der Waals surface area contributed by atoms with Crippen LogP contribution < -0.4 is 0 Å². The lowest BCUT2D eigenvalue weighted by Crippen LogP contribution is -2.40. The Labute approximate surface area is 178 Å². The molecule has 4 rings (SSSR count). The van der Waals surface area contributed by atoms with Gasteiger partial charge in [0.25, 0.3) is 5.91 Å². The van der Waals surface area contributed by atoms with Crippen molar-refractivity contribution in [3.8, 4) is 0 Å². The van der Waals surface area contributed by atoms with Crippen LogP contribution >= 0.6 is 0 Å². The molecular formula is C24H30N4O2. The quantitative estimate of drug-likeness (QED) is 0.781. The first-order chi connectivity index (χ1) is 14.6. The lowest BCUT2D eigenvalue weighted by Gasteiger charge is -2.33. The number of nitrogens with zero attached hydrogens (tertiary/aromatic N) is 4. The highest BCUT2D eigenvalue weighted by molar-refractivity contribution is 5.95. The Morgan fingerprint density at radius 3 is 2.37 bits per heavy atom. The monoisotopic (exact) mass is 406 g/mol. The van der Waals surface area contributed by atoms with Gasteiger partial charge in [0.05, 0.1) is 17.7 Å². The summed E-state index contributed by atoms with van der Waals surface area (Å²) in [7, 11) is 0. The molecule has 0 bridgehead atoms. The molecular weight excluding hydrogens is 376 g/mol. The van der Waals surface area contributed by atoms with Crippen LogP contribution in [0.5, 0.6) is 0 Å². The van der Waals surface area contributed by atoms with E-state index in [4.69, 9.17) is 0 Å². The number of aromatic nitrogens is 2. The molecule has 0 radical (unpaired) electrons. The van der Waals surface area contributed by atoms with Crippen molar-refractivity contribution in [3.05, 3.63) is 59.2 Å². The second kappa shape index (κ2) is 9.37. The molecule has 30 heavy (non-hydrogen) atoms. The normalized spacial score (nSPS) is 17.8. The number of carbonyl (C=O) groups excluding carboxylic acids is 2. The Balaban J connectivity index is 1.43. The molecule has 2 amide bonds. The highest BCUT2D eigenvalue weighted by Crippen LogP contribution is 2.30. The zero-order valence-corrected chi connectivity index (χ0v) is 17.7. The number of hydrogen-bond donors (Lipinski definition) is 0. The van der Waals surface area contributed by atoms with Gasteiger partial charge in [-0.25, -0.2) is 9.97 Å². The number of likely N-dealkylation sites (tertiary alicyclic amines) is 2. The number of carbonyl (C=O) groups is 2. The topological polar surface area (TPSA) is 66.4 Å². The SMILES string of the molecule is Cc1ncc(C(=O)N2CCCCC2)c(C2CCN(C(=O)Cc3ccccc3)CC2)n1. The third-order valence-corrected chi connectivity index (χ3v) is 6.24. The molecule has 6 heteroatoms. The van der Waals surface area contributed by atoms with Gasteiger partial charge in [0, 0.05) is 38.3 Å². The predicted molar refractivity (Wildman–Crippen MR) is 115 cm³/mol.